The number of para-hydroxylation sites is 1. The van der Waals surface area contributed by atoms with Crippen molar-refractivity contribution in [1.29, 1.82) is 0 Å². The molecule has 1 aliphatic heterocycles. The van der Waals surface area contributed by atoms with Gasteiger partial charge in [-0.25, -0.2) is 8.78 Å². The molecule has 3 aromatic rings. The maximum Gasteiger partial charge on any atom is 0.272 e. The second-order valence-corrected chi connectivity index (χ2v) is 8.15. The van der Waals surface area contributed by atoms with Crippen molar-refractivity contribution in [3.8, 4) is 5.69 Å². The first-order valence-corrected chi connectivity index (χ1v) is 10.6. The first-order chi connectivity index (χ1) is 14.9. The van der Waals surface area contributed by atoms with Gasteiger partial charge < -0.3 is 4.57 Å². The highest BCUT2D eigenvalue weighted by Gasteiger charge is 2.45. The topological polar surface area (TPSA) is 51.3 Å². The molecular weight excluding hydrogens is 424 g/mol. The summed E-state index contributed by atoms with van der Waals surface area (Å²) in [6.07, 6.45) is 7.29. The van der Waals surface area contributed by atoms with Gasteiger partial charge in [-0.1, -0.05) is 30.4 Å². The van der Waals surface area contributed by atoms with Crippen molar-refractivity contribution >= 4 is 34.3 Å². The molecule has 0 amide bonds. The van der Waals surface area contributed by atoms with Gasteiger partial charge in [-0.3, -0.25) is 15.0 Å². The van der Waals surface area contributed by atoms with E-state index in [1.54, 1.807) is 17.0 Å². The number of hydrogen-bond donors (Lipinski definition) is 0. The third-order valence-corrected chi connectivity index (χ3v) is 5.83. The molecule has 1 saturated heterocycles. The van der Waals surface area contributed by atoms with E-state index in [2.05, 4.69) is 0 Å². The summed E-state index contributed by atoms with van der Waals surface area (Å²) in [4.78, 5) is 12.3. The predicted molar refractivity (Wildman–Crippen MR) is 119 cm³/mol. The van der Waals surface area contributed by atoms with Crippen LogP contribution in [0.1, 0.15) is 18.4 Å². The van der Waals surface area contributed by atoms with Gasteiger partial charge in [0.15, 0.2) is 0 Å². The van der Waals surface area contributed by atoms with E-state index in [1.165, 1.54) is 12.1 Å². The summed E-state index contributed by atoms with van der Waals surface area (Å²) in [5.41, 5.74) is 2.84. The normalized spacial score (nSPS) is 17.1. The molecule has 2 aromatic carbocycles. The minimum Gasteiger partial charge on any atom is -0.316 e. The molecule has 2 heterocycles. The first kappa shape index (κ1) is 21.5. The Morgan fingerprint density at radius 2 is 1.87 bits per heavy atom. The first-order valence-electron chi connectivity index (χ1n) is 10.1. The summed E-state index contributed by atoms with van der Waals surface area (Å²) in [5, 5.41) is 12.0. The molecule has 0 spiro atoms. The molecule has 162 valence electrons. The molecule has 5 nitrogen and oxygen atoms in total. The summed E-state index contributed by atoms with van der Waals surface area (Å²) >= 11 is 5.88. The Balaban J connectivity index is 1.57. The van der Waals surface area contributed by atoms with Crippen LogP contribution in [0.4, 0.5) is 14.5 Å². The van der Waals surface area contributed by atoms with Crippen LogP contribution in [0, 0.1) is 10.1 Å². The molecule has 0 aliphatic carbocycles. The lowest BCUT2D eigenvalue weighted by Crippen LogP contribution is -2.59. The van der Waals surface area contributed by atoms with E-state index in [9.17, 15) is 18.9 Å². The summed E-state index contributed by atoms with van der Waals surface area (Å²) in [6.45, 7) is -0.413. The summed E-state index contributed by atoms with van der Waals surface area (Å²) < 4.78 is 28.5. The fourth-order valence-electron chi connectivity index (χ4n) is 4.02. The van der Waals surface area contributed by atoms with Crippen LogP contribution < -0.4 is 0 Å². The smallest absolute Gasteiger partial charge is 0.272 e. The van der Waals surface area contributed by atoms with Gasteiger partial charge in [-0.2, -0.15) is 0 Å². The Bertz CT molecular complexity index is 1100. The van der Waals surface area contributed by atoms with Crippen LogP contribution in [0.25, 0.3) is 22.7 Å². The average molecular weight is 446 g/mol. The van der Waals surface area contributed by atoms with Gasteiger partial charge in [0.05, 0.1) is 23.5 Å². The SMILES string of the molecule is O=[N+]([O-])c1ccc(-n2cc(C=CCC(CCCl)N3CC(F)(F)C3)c3ccccc32)cc1. The zero-order chi connectivity index (χ0) is 22.0. The average Bonchev–Trinajstić information content (AvgIpc) is 3.10. The quantitative estimate of drug-likeness (QED) is 0.247. The van der Waals surface area contributed by atoms with E-state index in [0.29, 0.717) is 18.7 Å². The number of likely N-dealkylation sites (tertiary alicyclic amines) is 1. The second-order valence-electron chi connectivity index (χ2n) is 7.78. The lowest BCUT2D eigenvalue weighted by molar-refractivity contribution is -0.384. The van der Waals surface area contributed by atoms with Gasteiger partial charge >= 0.3 is 0 Å². The van der Waals surface area contributed by atoms with Crippen LogP contribution in [-0.4, -0.2) is 45.3 Å². The minimum absolute atomic E-state index is 0.00334. The second kappa shape index (κ2) is 8.77. The van der Waals surface area contributed by atoms with Gasteiger partial charge in [0, 0.05) is 46.9 Å². The van der Waals surface area contributed by atoms with Crippen molar-refractivity contribution in [2.75, 3.05) is 19.0 Å². The number of halogens is 3. The van der Waals surface area contributed by atoms with E-state index in [1.807, 2.05) is 47.2 Å². The Hall–Kier alpha value is -2.77. The molecule has 1 fully saturated rings. The van der Waals surface area contributed by atoms with Crippen LogP contribution in [0.15, 0.2) is 60.8 Å². The Labute approximate surface area is 183 Å². The van der Waals surface area contributed by atoms with Crippen LogP contribution in [0.3, 0.4) is 0 Å². The molecule has 4 rings (SSSR count). The number of rotatable bonds is 8. The van der Waals surface area contributed by atoms with E-state index in [4.69, 9.17) is 11.6 Å². The van der Waals surface area contributed by atoms with Gasteiger partial charge in [0.1, 0.15) is 0 Å². The Morgan fingerprint density at radius 1 is 1.16 bits per heavy atom. The monoisotopic (exact) mass is 445 g/mol. The zero-order valence-electron chi connectivity index (χ0n) is 16.8. The fourth-order valence-corrected chi connectivity index (χ4v) is 4.27. The summed E-state index contributed by atoms with van der Waals surface area (Å²) in [6, 6.07) is 14.3. The molecule has 1 unspecified atom stereocenters. The maximum atomic E-state index is 13.3. The van der Waals surface area contributed by atoms with Crippen molar-refractivity contribution in [2.45, 2.75) is 24.8 Å². The molecule has 0 bridgehead atoms. The highest BCUT2D eigenvalue weighted by Crippen LogP contribution is 2.31. The van der Waals surface area contributed by atoms with Crippen molar-refractivity contribution in [2.24, 2.45) is 0 Å². The number of nitrogens with zero attached hydrogens (tertiary/aromatic N) is 3. The standard InChI is InChI=1S/C23H22ClF2N3O2/c24-13-12-18(27-15-23(25,26)16-27)5-3-4-17-14-28(22-7-2-1-6-21(17)22)19-8-10-20(11-9-19)29(30)31/h1-4,6-11,14,18H,5,12-13,15-16H2. The number of aromatic nitrogens is 1. The summed E-state index contributed by atoms with van der Waals surface area (Å²) in [5.74, 6) is -2.16. The molecule has 1 aliphatic rings. The Kier molecular flexibility index (Phi) is 6.07. The number of non-ortho nitro benzene ring substituents is 1. The molecular formula is C23H22ClF2N3O2. The molecule has 31 heavy (non-hydrogen) atoms. The van der Waals surface area contributed by atoms with Gasteiger partial charge in [0.25, 0.3) is 11.6 Å². The van der Waals surface area contributed by atoms with Crippen molar-refractivity contribution < 1.29 is 13.7 Å². The van der Waals surface area contributed by atoms with E-state index in [0.717, 1.165) is 22.2 Å². The van der Waals surface area contributed by atoms with E-state index in [-0.39, 0.29) is 24.8 Å². The Morgan fingerprint density at radius 3 is 2.52 bits per heavy atom. The predicted octanol–water partition coefficient (Wildman–Crippen LogP) is 5.89. The highest BCUT2D eigenvalue weighted by molar-refractivity contribution is 6.17. The summed E-state index contributed by atoms with van der Waals surface area (Å²) in [7, 11) is 0. The van der Waals surface area contributed by atoms with Crippen LogP contribution in [0.2, 0.25) is 0 Å². The number of nitro groups is 1. The number of nitro benzene ring substituents is 1. The highest BCUT2D eigenvalue weighted by atomic mass is 35.5. The largest absolute Gasteiger partial charge is 0.316 e. The zero-order valence-corrected chi connectivity index (χ0v) is 17.5. The van der Waals surface area contributed by atoms with Crippen molar-refractivity contribution in [3.63, 3.8) is 0 Å². The van der Waals surface area contributed by atoms with Crippen LogP contribution in [-0.2, 0) is 0 Å². The molecule has 8 heteroatoms. The third kappa shape index (κ3) is 4.62. The lowest BCUT2D eigenvalue weighted by atomic mass is 10.0. The molecule has 0 radical (unpaired) electrons. The molecule has 1 aromatic heterocycles. The van der Waals surface area contributed by atoms with E-state index >= 15 is 0 Å². The van der Waals surface area contributed by atoms with Gasteiger partial charge in [-0.15, -0.1) is 11.6 Å². The lowest BCUT2D eigenvalue weighted by Gasteiger charge is -2.43. The van der Waals surface area contributed by atoms with Crippen LogP contribution in [0.5, 0.6) is 0 Å². The third-order valence-electron chi connectivity index (χ3n) is 5.61. The van der Waals surface area contributed by atoms with Crippen molar-refractivity contribution in [3.05, 3.63) is 76.5 Å². The van der Waals surface area contributed by atoms with Crippen molar-refractivity contribution in [1.82, 2.24) is 9.47 Å². The van der Waals surface area contributed by atoms with Gasteiger partial charge in [-0.05, 0) is 31.0 Å². The number of fused-ring (bicyclic) bond motifs is 1. The van der Waals surface area contributed by atoms with Gasteiger partial charge in [0.2, 0.25) is 0 Å². The molecule has 0 N–H and O–H groups in total. The minimum atomic E-state index is -2.59. The van der Waals surface area contributed by atoms with Crippen LogP contribution >= 0.6 is 11.6 Å². The maximum absolute atomic E-state index is 13.3. The number of hydrogen-bond acceptors (Lipinski definition) is 3. The number of benzene rings is 2. The molecule has 1 atom stereocenters. The molecule has 0 saturated carbocycles. The van der Waals surface area contributed by atoms with E-state index < -0.39 is 10.8 Å². The number of alkyl halides is 3. The fraction of sp³-hybridized carbons (Fsp3) is 0.304.